The smallest absolute Gasteiger partial charge is 0.130 e. The Bertz CT molecular complexity index is 706. The highest BCUT2D eigenvalue weighted by Crippen LogP contribution is 2.64. The van der Waals surface area contributed by atoms with Gasteiger partial charge in [-0.1, -0.05) is 28.8 Å². The van der Waals surface area contributed by atoms with E-state index in [1.165, 1.54) is 11.1 Å². The van der Waals surface area contributed by atoms with Gasteiger partial charge in [0, 0.05) is 9.89 Å². The highest BCUT2D eigenvalue weighted by atomic mass is 79.9. The minimum absolute atomic E-state index is 0.149. The molecule has 2 nitrogen and oxygen atoms in total. The van der Waals surface area contributed by atoms with Crippen molar-refractivity contribution in [2.45, 2.75) is 57.0 Å². The molecule has 122 valence electrons. The van der Waals surface area contributed by atoms with Gasteiger partial charge in [0.25, 0.3) is 0 Å². The molecule has 0 heterocycles. The number of rotatable bonds is 0. The first-order valence-electron chi connectivity index (χ1n) is 8.61. The molecule has 2 N–H and O–H groups in total. The third kappa shape index (κ3) is 1.98. The van der Waals surface area contributed by atoms with Crippen LogP contribution in [0.4, 0.5) is 0 Å². The molecule has 4 rings (SSSR count). The number of benzene rings is 1. The second-order valence-corrected chi connectivity index (χ2v) is 8.77. The monoisotopic (exact) mass is 374 g/mol. The van der Waals surface area contributed by atoms with Crippen LogP contribution in [-0.4, -0.2) is 15.8 Å². The Labute approximate surface area is 146 Å². The van der Waals surface area contributed by atoms with Crippen LogP contribution in [0.3, 0.4) is 0 Å². The molecule has 0 bridgehead atoms. The molecule has 3 aliphatic carbocycles. The Balaban J connectivity index is 1.75. The van der Waals surface area contributed by atoms with Gasteiger partial charge in [0.15, 0.2) is 0 Å². The number of aliphatic hydroxyl groups is 1. The van der Waals surface area contributed by atoms with Crippen molar-refractivity contribution in [1.82, 2.24) is 0 Å². The topological polar surface area (TPSA) is 40.5 Å². The summed E-state index contributed by atoms with van der Waals surface area (Å²) in [6.45, 7) is 2.21. The average molecular weight is 375 g/mol. The second-order valence-electron chi connectivity index (χ2n) is 7.92. The molecule has 23 heavy (non-hydrogen) atoms. The normalized spacial score (nSPS) is 41.6. The molecule has 3 aliphatic rings. The number of aryl methyl sites for hydroxylation is 1. The number of hydrogen-bond donors (Lipinski definition) is 2. The molecule has 0 aromatic heterocycles. The van der Waals surface area contributed by atoms with Crippen molar-refractivity contribution in [3.05, 3.63) is 27.7 Å². The zero-order chi connectivity index (χ0) is 16.4. The first kappa shape index (κ1) is 15.5. The molecule has 3 heteroatoms. The van der Waals surface area contributed by atoms with E-state index < -0.39 is 5.60 Å². The third-order valence-corrected chi connectivity index (χ3v) is 7.80. The molecule has 2 saturated carbocycles. The zero-order valence-corrected chi connectivity index (χ0v) is 15.1. The van der Waals surface area contributed by atoms with E-state index in [2.05, 4.69) is 28.8 Å². The summed E-state index contributed by atoms with van der Waals surface area (Å²) in [7, 11) is 0. The van der Waals surface area contributed by atoms with Crippen molar-refractivity contribution >= 4 is 15.9 Å². The summed E-state index contributed by atoms with van der Waals surface area (Å²) < 4.78 is 1.04. The van der Waals surface area contributed by atoms with E-state index in [1.54, 1.807) is 0 Å². The van der Waals surface area contributed by atoms with E-state index in [9.17, 15) is 10.2 Å². The minimum Gasteiger partial charge on any atom is -0.508 e. The molecule has 0 saturated heterocycles. The van der Waals surface area contributed by atoms with Crippen molar-refractivity contribution in [1.29, 1.82) is 0 Å². The molecule has 1 unspecified atom stereocenters. The molecule has 1 aromatic carbocycles. The highest BCUT2D eigenvalue weighted by Gasteiger charge is 2.61. The number of phenols is 1. The Morgan fingerprint density at radius 2 is 2.04 bits per heavy atom. The van der Waals surface area contributed by atoms with Gasteiger partial charge in [-0.05, 0) is 79.5 Å². The van der Waals surface area contributed by atoms with Crippen LogP contribution in [0.5, 0.6) is 5.75 Å². The number of aromatic hydroxyl groups is 1. The van der Waals surface area contributed by atoms with E-state index in [1.807, 2.05) is 12.1 Å². The van der Waals surface area contributed by atoms with E-state index >= 15 is 0 Å². The standard InChI is InChI=1S/C20H23BrO2/c1-3-20(23)9-7-16-14-5-4-12-10-13(22)11-17(21)18(12)15(14)6-8-19(16,20)2/h1,10-11,14-16,22-23H,4-9H2,2H3/t14-,15+,16+,19?,20+/m1/s1. The van der Waals surface area contributed by atoms with Crippen LogP contribution in [0.2, 0.25) is 0 Å². The quantitative estimate of drug-likeness (QED) is 0.661. The fourth-order valence-corrected chi connectivity index (χ4v) is 6.69. The van der Waals surface area contributed by atoms with Gasteiger partial charge in [-0.3, -0.25) is 0 Å². The summed E-state index contributed by atoms with van der Waals surface area (Å²) in [5.41, 5.74) is 1.59. The number of terminal acetylenes is 1. The molecule has 0 spiro atoms. The molecule has 0 radical (unpaired) electrons. The van der Waals surface area contributed by atoms with E-state index in [0.717, 1.165) is 43.0 Å². The lowest BCUT2D eigenvalue weighted by molar-refractivity contribution is -0.0647. The first-order valence-corrected chi connectivity index (χ1v) is 9.40. The molecular weight excluding hydrogens is 352 g/mol. The van der Waals surface area contributed by atoms with Crippen molar-refractivity contribution < 1.29 is 10.2 Å². The molecule has 0 aliphatic heterocycles. The van der Waals surface area contributed by atoms with Gasteiger partial charge < -0.3 is 10.2 Å². The SMILES string of the molecule is C#C[C@]1(O)CC[C@H]2[C@@H]3CCc4cc(O)cc(Br)c4[C@H]3CCC21C. The van der Waals surface area contributed by atoms with Crippen LogP contribution in [0.25, 0.3) is 0 Å². The first-order chi connectivity index (χ1) is 10.9. The van der Waals surface area contributed by atoms with Crippen molar-refractivity contribution in [3.63, 3.8) is 0 Å². The van der Waals surface area contributed by atoms with Gasteiger partial charge in [-0.25, -0.2) is 0 Å². The van der Waals surface area contributed by atoms with Crippen molar-refractivity contribution in [3.8, 4) is 18.1 Å². The molecule has 2 fully saturated rings. The largest absolute Gasteiger partial charge is 0.508 e. The third-order valence-electron chi connectivity index (χ3n) is 7.15. The molecular formula is C20H23BrO2. The summed E-state index contributed by atoms with van der Waals surface area (Å²) >= 11 is 3.68. The van der Waals surface area contributed by atoms with Crippen LogP contribution in [-0.2, 0) is 6.42 Å². The fourth-order valence-electron chi connectivity index (χ4n) is 5.90. The molecule has 5 atom stereocenters. The van der Waals surface area contributed by atoms with Crippen LogP contribution >= 0.6 is 15.9 Å². The van der Waals surface area contributed by atoms with Crippen LogP contribution in [0, 0.1) is 29.6 Å². The maximum atomic E-state index is 11.0. The Hall–Kier alpha value is -0.980. The average Bonchev–Trinajstić information content (AvgIpc) is 2.79. The van der Waals surface area contributed by atoms with E-state index in [4.69, 9.17) is 6.42 Å². The van der Waals surface area contributed by atoms with Gasteiger partial charge in [0.05, 0.1) is 0 Å². The van der Waals surface area contributed by atoms with E-state index in [0.29, 0.717) is 23.5 Å². The van der Waals surface area contributed by atoms with Crippen LogP contribution in [0.15, 0.2) is 16.6 Å². The minimum atomic E-state index is -0.935. The Morgan fingerprint density at radius 3 is 2.78 bits per heavy atom. The number of phenolic OH excluding ortho intramolecular Hbond substituents is 1. The predicted molar refractivity (Wildman–Crippen MR) is 94.2 cm³/mol. The van der Waals surface area contributed by atoms with E-state index in [-0.39, 0.29) is 5.41 Å². The van der Waals surface area contributed by atoms with Gasteiger partial charge in [-0.2, -0.15) is 0 Å². The summed E-state index contributed by atoms with van der Waals surface area (Å²) in [6, 6.07) is 3.75. The van der Waals surface area contributed by atoms with Gasteiger partial charge in [-0.15, -0.1) is 6.42 Å². The Kier molecular flexibility index (Phi) is 3.38. The summed E-state index contributed by atoms with van der Waals surface area (Å²) in [6.07, 6.45) is 11.7. The lowest BCUT2D eigenvalue weighted by Gasteiger charge is -2.52. The predicted octanol–water partition coefficient (Wildman–Crippen LogP) is 4.38. The maximum Gasteiger partial charge on any atom is 0.130 e. The van der Waals surface area contributed by atoms with Crippen molar-refractivity contribution in [2.75, 3.05) is 0 Å². The zero-order valence-electron chi connectivity index (χ0n) is 13.5. The summed E-state index contributed by atoms with van der Waals surface area (Å²) in [4.78, 5) is 0. The van der Waals surface area contributed by atoms with Gasteiger partial charge in [0.1, 0.15) is 11.4 Å². The molecule has 1 aromatic rings. The Morgan fingerprint density at radius 1 is 1.26 bits per heavy atom. The number of fused-ring (bicyclic) bond motifs is 5. The van der Waals surface area contributed by atoms with Crippen LogP contribution in [0.1, 0.15) is 56.1 Å². The lowest BCUT2D eigenvalue weighted by Crippen LogP contribution is -2.50. The van der Waals surface area contributed by atoms with Gasteiger partial charge >= 0.3 is 0 Å². The highest BCUT2D eigenvalue weighted by molar-refractivity contribution is 9.10. The van der Waals surface area contributed by atoms with Crippen LogP contribution < -0.4 is 0 Å². The molecule has 0 amide bonds. The second kappa shape index (κ2) is 5.01. The maximum absolute atomic E-state index is 11.0. The van der Waals surface area contributed by atoms with Crippen molar-refractivity contribution in [2.24, 2.45) is 17.3 Å². The summed E-state index contributed by atoms with van der Waals surface area (Å²) in [5.74, 6) is 4.68. The fraction of sp³-hybridized carbons (Fsp3) is 0.600. The van der Waals surface area contributed by atoms with Gasteiger partial charge in [0.2, 0.25) is 0 Å². The number of hydrogen-bond acceptors (Lipinski definition) is 2. The number of halogens is 1. The summed E-state index contributed by atoms with van der Waals surface area (Å²) in [5, 5.41) is 20.8. The lowest BCUT2D eigenvalue weighted by atomic mass is 9.53.